The van der Waals surface area contributed by atoms with E-state index in [9.17, 15) is 0 Å². The molecule has 0 saturated carbocycles. The van der Waals surface area contributed by atoms with E-state index in [0.717, 1.165) is 34.2 Å². The van der Waals surface area contributed by atoms with Gasteiger partial charge in [-0.3, -0.25) is 5.32 Å². The molecular formula is C21H23N3O3. The topological polar surface area (TPSA) is 57.5 Å². The molecule has 27 heavy (non-hydrogen) atoms. The second-order valence-electron chi connectivity index (χ2n) is 6.43. The summed E-state index contributed by atoms with van der Waals surface area (Å²) in [7, 11) is 3.69. The molecule has 0 aliphatic carbocycles. The minimum absolute atomic E-state index is 0.102. The van der Waals surface area contributed by atoms with Gasteiger partial charge in [0.15, 0.2) is 11.5 Å². The van der Waals surface area contributed by atoms with Gasteiger partial charge in [-0.15, -0.1) is 0 Å². The lowest BCUT2D eigenvalue weighted by Gasteiger charge is -2.22. The van der Waals surface area contributed by atoms with Crippen molar-refractivity contribution in [1.29, 1.82) is 0 Å². The fraction of sp³-hybridized carbons (Fsp3) is 0.286. The van der Waals surface area contributed by atoms with Crippen molar-refractivity contribution in [2.75, 3.05) is 20.3 Å². The molecule has 0 spiro atoms. The number of nitrogens with one attached hydrogen (secondary N) is 1. The third-order valence-corrected chi connectivity index (χ3v) is 4.68. The number of fused-ring (bicyclic) bond motifs is 1. The summed E-state index contributed by atoms with van der Waals surface area (Å²) in [5.74, 6) is 3.36. The van der Waals surface area contributed by atoms with Crippen LogP contribution in [0.15, 0.2) is 54.9 Å². The summed E-state index contributed by atoms with van der Waals surface area (Å²) >= 11 is 0. The van der Waals surface area contributed by atoms with Gasteiger partial charge in [0.05, 0.1) is 13.2 Å². The number of imidazole rings is 1. The van der Waals surface area contributed by atoms with Crippen LogP contribution >= 0.6 is 0 Å². The molecule has 0 saturated heterocycles. The normalized spacial score (nSPS) is 14.0. The van der Waals surface area contributed by atoms with E-state index < -0.39 is 0 Å². The second kappa shape index (κ2) is 7.72. The van der Waals surface area contributed by atoms with Crippen LogP contribution in [0.4, 0.5) is 0 Å². The molecule has 140 valence electrons. The zero-order chi connectivity index (χ0) is 18.6. The number of methoxy groups -OCH3 is 1. The van der Waals surface area contributed by atoms with Crippen LogP contribution in [-0.2, 0) is 13.6 Å². The lowest BCUT2D eigenvalue weighted by molar-refractivity contribution is 0.171. The summed E-state index contributed by atoms with van der Waals surface area (Å²) in [5.41, 5.74) is 2.17. The van der Waals surface area contributed by atoms with Crippen molar-refractivity contribution in [1.82, 2.24) is 14.9 Å². The second-order valence-corrected chi connectivity index (χ2v) is 6.43. The molecule has 0 amide bonds. The highest BCUT2D eigenvalue weighted by Crippen LogP contribution is 2.32. The zero-order valence-corrected chi connectivity index (χ0v) is 15.5. The maximum absolute atomic E-state index is 5.69. The number of nitrogens with zero attached hydrogens (tertiary/aromatic N) is 2. The van der Waals surface area contributed by atoms with Crippen molar-refractivity contribution in [2.24, 2.45) is 7.05 Å². The van der Waals surface area contributed by atoms with Gasteiger partial charge in [-0.25, -0.2) is 4.98 Å². The molecule has 0 fully saturated rings. The number of aromatic nitrogens is 2. The summed E-state index contributed by atoms with van der Waals surface area (Å²) in [6, 6.07) is 14.0. The highest BCUT2D eigenvalue weighted by Gasteiger charge is 2.21. The molecule has 3 aromatic rings. The Kier molecular flexibility index (Phi) is 4.98. The van der Waals surface area contributed by atoms with Gasteiger partial charge in [0.2, 0.25) is 0 Å². The Morgan fingerprint density at radius 1 is 1.15 bits per heavy atom. The lowest BCUT2D eigenvalue weighted by atomic mass is 10.0. The Balaban J connectivity index is 1.61. The summed E-state index contributed by atoms with van der Waals surface area (Å²) < 4.78 is 18.9. The number of ether oxygens (including phenoxy) is 3. The summed E-state index contributed by atoms with van der Waals surface area (Å²) in [6.45, 7) is 1.84. The van der Waals surface area contributed by atoms with Gasteiger partial charge in [-0.05, 0) is 23.8 Å². The Labute approximate surface area is 158 Å². The van der Waals surface area contributed by atoms with Crippen LogP contribution in [0.25, 0.3) is 0 Å². The van der Waals surface area contributed by atoms with Crippen LogP contribution in [0, 0.1) is 0 Å². The van der Waals surface area contributed by atoms with Crippen molar-refractivity contribution < 1.29 is 14.2 Å². The van der Waals surface area contributed by atoms with Crippen LogP contribution in [-0.4, -0.2) is 29.9 Å². The molecule has 1 atom stereocenters. The van der Waals surface area contributed by atoms with Crippen LogP contribution in [0.2, 0.25) is 0 Å². The average Bonchev–Trinajstić information content (AvgIpc) is 3.14. The van der Waals surface area contributed by atoms with Gasteiger partial charge in [-0.2, -0.15) is 0 Å². The first kappa shape index (κ1) is 17.4. The number of aryl methyl sites for hydroxylation is 1. The van der Waals surface area contributed by atoms with Gasteiger partial charge >= 0.3 is 0 Å². The molecule has 6 heteroatoms. The van der Waals surface area contributed by atoms with Crippen molar-refractivity contribution >= 4 is 0 Å². The SMILES string of the molecule is COc1ccccc1C(NCc1ccc2c(c1)OCCO2)c1nccn1C. The number of hydrogen-bond donors (Lipinski definition) is 1. The van der Waals surface area contributed by atoms with E-state index in [1.165, 1.54) is 0 Å². The minimum Gasteiger partial charge on any atom is -0.496 e. The smallest absolute Gasteiger partial charge is 0.161 e. The fourth-order valence-corrected chi connectivity index (χ4v) is 3.32. The fourth-order valence-electron chi connectivity index (χ4n) is 3.32. The maximum Gasteiger partial charge on any atom is 0.161 e. The van der Waals surface area contributed by atoms with Crippen molar-refractivity contribution in [3.05, 3.63) is 71.8 Å². The molecule has 4 rings (SSSR count). The van der Waals surface area contributed by atoms with Crippen molar-refractivity contribution in [3.63, 3.8) is 0 Å². The molecule has 0 bridgehead atoms. The number of para-hydroxylation sites is 1. The molecule has 1 aliphatic heterocycles. The molecule has 2 aromatic carbocycles. The third-order valence-electron chi connectivity index (χ3n) is 4.68. The molecule has 0 radical (unpaired) electrons. The molecule has 2 heterocycles. The van der Waals surface area contributed by atoms with Crippen LogP contribution in [0.1, 0.15) is 23.0 Å². The van der Waals surface area contributed by atoms with E-state index in [1.54, 1.807) is 7.11 Å². The molecule has 1 unspecified atom stereocenters. The Morgan fingerprint density at radius 2 is 1.96 bits per heavy atom. The predicted octanol–water partition coefficient (Wildman–Crippen LogP) is 3.08. The van der Waals surface area contributed by atoms with E-state index in [4.69, 9.17) is 14.2 Å². The lowest BCUT2D eigenvalue weighted by Crippen LogP contribution is -2.25. The Hall–Kier alpha value is -2.99. The largest absolute Gasteiger partial charge is 0.496 e. The maximum atomic E-state index is 5.69. The molecule has 1 N–H and O–H groups in total. The summed E-state index contributed by atoms with van der Waals surface area (Å²) in [6.07, 6.45) is 3.76. The zero-order valence-electron chi connectivity index (χ0n) is 15.5. The molecule has 1 aliphatic rings. The van der Waals surface area contributed by atoms with E-state index in [1.807, 2.05) is 54.3 Å². The quantitative estimate of drug-likeness (QED) is 0.728. The van der Waals surface area contributed by atoms with Crippen molar-refractivity contribution in [2.45, 2.75) is 12.6 Å². The Bertz CT molecular complexity index is 923. The van der Waals surface area contributed by atoms with E-state index >= 15 is 0 Å². The first-order valence-electron chi connectivity index (χ1n) is 8.98. The van der Waals surface area contributed by atoms with Gasteiger partial charge in [0.25, 0.3) is 0 Å². The van der Waals surface area contributed by atoms with E-state index in [0.29, 0.717) is 19.8 Å². The van der Waals surface area contributed by atoms with Crippen LogP contribution in [0.3, 0.4) is 0 Å². The standard InChI is InChI=1S/C21H23N3O3/c1-24-10-9-22-21(24)20(16-5-3-4-6-17(16)25-2)23-14-15-7-8-18-19(13-15)27-12-11-26-18/h3-10,13,20,23H,11-12,14H2,1-2H3. The van der Waals surface area contributed by atoms with Gasteiger partial charge in [0.1, 0.15) is 24.8 Å². The number of rotatable bonds is 6. The monoisotopic (exact) mass is 365 g/mol. The number of benzene rings is 2. The van der Waals surface area contributed by atoms with Gasteiger partial charge < -0.3 is 18.8 Å². The number of hydrogen-bond acceptors (Lipinski definition) is 5. The highest BCUT2D eigenvalue weighted by molar-refractivity contribution is 5.44. The summed E-state index contributed by atoms with van der Waals surface area (Å²) in [4.78, 5) is 4.55. The van der Waals surface area contributed by atoms with E-state index in [-0.39, 0.29) is 6.04 Å². The molecule has 6 nitrogen and oxygen atoms in total. The molecular weight excluding hydrogens is 342 g/mol. The third kappa shape index (κ3) is 3.61. The first-order chi connectivity index (χ1) is 13.3. The van der Waals surface area contributed by atoms with Crippen LogP contribution < -0.4 is 19.5 Å². The predicted molar refractivity (Wildman–Crippen MR) is 102 cm³/mol. The van der Waals surface area contributed by atoms with E-state index in [2.05, 4.69) is 22.4 Å². The van der Waals surface area contributed by atoms with Gasteiger partial charge in [-0.1, -0.05) is 24.3 Å². The highest BCUT2D eigenvalue weighted by atomic mass is 16.6. The van der Waals surface area contributed by atoms with Crippen LogP contribution in [0.5, 0.6) is 17.2 Å². The molecule has 1 aromatic heterocycles. The average molecular weight is 365 g/mol. The Morgan fingerprint density at radius 3 is 2.74 bits per heavy atom. The summed E-state index contributed by atoms with van der Waals surface area (Å²) in [5, 5.41) is 3.62. The van der Waals surface area contributed by atoms with Gasteiger partial charge in [0, 0.05) is 31.5 Å². The van der Waals surface area contributed by atoms with Crippen molar-refractivity contribution in [3.8, 4) is 17.2 Å². The minimum atomic E-state index is -0.102. The first-order valence-corrected chi connectivity index (χ1v) is 8.98.